The Balaban J connectivity index is 1.56. The Kier molecular flexibility index (Phi) is 3.98. The van der Waals surface area contributed by atoms with Crippen LogP contribution in [-0.4, -0.2) is 29.8 Å². The van der Waals surface area contributed by atoms with Gasteiger partial charge in [-0.2, -0.15) is 0 Å². The van der Waals surface area contributed by atoms with Gasteiger partial charge in [0.15, 0.2) is 17.3 Å². The van der Waals surface area contributed by atoms with Gasteiger partial charge in [0, 0.05) is 30.1 Å². The number of anilines is 1. The lowest BCUT2D eigenvalue weighted by atomic mass is 10.1. The Morgan fingerprint density at radius 3 is 2.87 bits per heavy atom. The van der Waals surface area contributed by atoms with Crippen molar-refractivity contribution in [2.24, 2.45) is 0 Å². The number of imidazole rings is 1. The molecular formula is C20H17N7O3. The van der Waals surface area contributed by atoms with Gasteiger partial charge < -0.3 is 20.0 Å². The number of benzene rings is 1. The molecule has 0 fully saturated rings. The van der Waals surface area contributed by atoms with Crippen molar-refractivity contribution < 1.29 is 9.37 Å². The third-order valence-corrected chi connectivity index (χ3v) is 4.90. The van der Waals surface area contributed by atoms with Crippen LogP contribution in [0.2, 0.25) is 0 Å². The fourth-order valence-corrected chi connectivity index (χ4v) is 3.52. The quantitative estimate of drug-likeness (QED) is 0.467. The van der Waals surface area contributed by atoms with Crippen LogP contribution in [0.1, 0.15) is 12.5 Å². The predicted octanol–water partition coefficient (Wildman–Crippen LogP) is 3.03. The number of rotatable bonds is 4. The number of H-pyrrole nitrogens is 1. The average Bonchev–Trinajstić information content (AvgIpc) is 3.29. The molecule has 0 unspecified atom stereocenters. The molecule has 0 radical (unpaired) electrons. The molecule has 0 bridgehead atoms. The number of nitrogens with one attached hydrogen (secondary N) is 1. The van der Waals surface area contributed by atoms with E-state index in [4.69, 9.17) is 15.1 Å². The number of nitrogens with zero attached hydrogens (tertiary/aromatic N) is 5. The summed E-state index contributed by atoms with van der Waals surface area (Å²) < 4.78 is 12.6. The van der Waals surface area contributed by atoms with Gasteiger partial charge in [-0.15, -0.1) is 0 Å². The molecule has 0 atom stereocenters. The normalized spacial score (nSPS) is 11.4. The van der Waals surface area contributed by atoms with Crippen molar-refractivity contribution in [2.75, 3.05) is 5.73 Å². The highest BCUT2D eigenvalue weighted by molar-refractivity contribution is 5.83. The number of nitrogens with two attached hydrogens (primary N) is 1. The van der Waals surface area contributed by atoms with Crippen LogP contribution in [0, 0.1) is 6.92 Å². The first-order valence-electron chi connectivity index (χ1n) is 9.29. The molecule has 0 spiro atoms. The summed E-state index contributed by atoms with van der Waals surface area (Å²) in [6.07, 6.45) is 1.62. The minimum Gasteiger partial charge on any atom is -0.439 e. The Morgan fingerprint density at radius 1 is 1.23 bits per heavy atom. The topological polar surface area (TPSA) is 138 Å². The van der Waals surface area contributed by atoms with E-state index in [9.17, 15) is 4.79 Å². The van der Waals surface area contributed by atoms with Crippen molar-refractivity contribution in [1.29, 1.82) is 0 Å². The molecule has 10 heteroatoms. The van der Waals surface area contributed by atoms with Crippen LogP contribution in [0.15, 0.2) is 46.0 Å². The van der Waals surface area contributed by atoms with E-state index >= 15 is 0 Å². The molecule has 0 aliphatic carbocycles. The third-order valence-electron chi connectivity index (χ3n) is 4.90. The minimum absolute atomic E-state index is 0.155. The maximum absolute atomic E-state index is 11.8. The molecule has 0 aliphatic heterocycles. The van der Waals surface area contributed by atoms with Crippen molar-refractivity contribution in [3.63, 3.8) is 0 Å². The Hall–Kier alpha value is -4.21. The zero-order chi connectivity index (χ0) is 20.8. The van der Waals surface area contributed by atoms with Crippen molar-refractivity contribution >= 4 is 27.8 Å². The molecule has 0 aliphatic rings. The number of ether oxygens (including phenoxy) is 1. The number of fused-ring (bicyclic) bond motifs is 2. The highest BCUT2D eigenvalue weighted by atomic mass is 16.6. The van der Waals surface area contributed by atoms with Crippen molar-refractivity contribution in [3.05, 3.63) is 52.4 Å². The van der Waals surface area contributed by atoms with Gasteiger partial charge in [-0.05, 0) is 41.9 Å². The van der Waals surface area contributed by atoms with Gasteiger partial charge in [0.2, 0.25) is 11.4 Å². The lowest BCUT2D eigenvalue weighted by molar-refractivity contribution is 0.310. The second-order valence-electron chi connectivity index (χ2n) is 6.82. The maximum Gasteiger partial charge on any atom is 0.248 e. The Labute approximate surface area is 169 Å². The van der Waals surface area contributed by atoms with Gasteiger partial charge in [0.05, 0.1) is 17.2 Å². The van der Waals surface area contributed by atoms with E-state index in [1.54, 1.807) is 24.4 Å². The number of aromatic amines is 1. The highest BCUT2D eigenvalue weighted by Gasteiger charge is 2.19. The summed E-state index contributed by atoms with van der Waals surface area (Å²) in [5.41, 5.74) is 9.14. The summed E-state index contributed by atoms with van der Waals surface area (Å²) in [6.45, 7) is 4.50. The van der Waals surface area contributed by atoms with Crippen LogP contribution in [-0.2, 0) is 6.54 Å². The number of hydrogen-bond acceptors (Lipinski definition) is 8. The molecule has 150 valence electrons. The van der Waals surface area contributed by atoms with Gasteiger partial charge in [0.25, 0.3) is 0 Å². The summed E-state index contributed by atoms with van der Waals surface area (Å²) >= 11 is 0. The summed E-state index contributed by atoms with van der Waals surface area (Å²) in [7, 11) is 0. The monoisotopic (exact) mass is 403 g/mol. The molecule has 10 nitrogen and oxygen atoms in total. The fourth-order valence-electron chi connectivity index (χ4n) is 3.52. The average molecular weight is 403 g/mol. The van der Waals surface area contributed by atoms with Crippen LogP contribution < -0.4 is 16.0 Å². The van der Waals surface area contributed by atoms with E-state index in [2.05, 4.69) is 25.3 Å². The van der Waals surface area contributed by atoms with Gasteiger partial charge >= 0.3 is 0 Å². The lowest BCUT2D eigenvalue weighted by Gasteiger charge is -2.08. The van der Waals surface area contributed by atoms with Crippen LogP contribution in [0.4, 0.5) is 5.82 Å². The molecule has 5 rings (SSSR count). The number of nitrogen functional groups attached to an aromatic ring is 1. The van der Waals surface area contributed by atoms with Crippen LogP contribution in [0.3, 0.4) is 0 Å². The summed E-state index contributed by atoms with van der Waals surface area (Å²) in [5, 5.41) is 8.43. The molecule has 3 N–H and O–H groups in total. The third kappa shape index (κ3) is 2.85. The Bertz CT molecular complexity index is 1460. The summed E-state index contributed by atoms with van der Waals surface area (Å²) in [6, 6.07) is 8.88. The van der Waals surface area contributed by atoms with Gasteiger partial charge in [-0.3, -0.25) is 4.79 Å². The van der Waals surface area contributed by atoms with Gasteiger partial charge in [0.1, 0.15) is 11.3 Å². The summed E-state index contributed by atoms with van der Waals surface area (Å²) in [4.78, 5) is 23.5. The van der Waals surface area contributed by atoms with Crippen molar-refractivity contribution in [2.45, 2.75) is 20.4 Å². The first kappa shape index (κ1) is 17.9. The van der Waals surface area contributed by atoms with Crippen molar-refractivity contribution in [3.8, 4) is 23.1 Å². The zero-order valence-corrected chi connectivity index (χ0v) is 16.2. The SMILES string of the molecule is CCn1c(-c2nonc2N)nc2cnc(Oc3ccc4c(C)cc(=O)[nH]c4c3)cc21. The Morgan fingerprint density at radius 2 is 2.10 bits per heavy atom. The molecule has 0 amide bonds. The molecular weight excluding hydrogens is 386 g/mol. The number of aryl methyl sites for hydroxylation is 2. The fraction of sp³-hybridized carbons (Fsp3) is 0.150. The predicted molar refractivity (Wildman–Crippen MR) is 110 cm³/mol. The lowest BCUT2D eigenvalue weighted by Crippen LogP contribution is -2.04. The second kappa shape index (κ2) is 6.69. The largest absolute Gasteiger partial charge is 0.439 e. The highest BCUT2D eigenvalue weighted by Crippen LogP contribution is 2.30. The van der Waals surface area contributed by atoms with E-state index in [0.29, 0.717) is 40.7 Å². The molecule has 0 saturated carbocycles. The summed E-state index contributed by atoms with van der Waals surface area (Å²) in [5.74, 6) is 1.67. The molecule has 4 aromatic heterocycles. The molecule has 1 aromatic carbocycles. The molecule has 0 saturated heterocycles. The minimum atomic E-state index is -0.155. The van der Waals surface area contributed by atoms with E-state index < -0.39 is 0 Å². The molecule has 30 heavy (non-hydrogen) atoms. The first-order chi connectivity index (χ1) is 14.5. The van der Waals surface area contributed by atoms with E-state index in [1.165, 1.54) is 0 Å². The van der Waals surface area contributed by atoms with Crippen LogP contribution >= 0.6 is 0 Å². The van der Waals surface area contributed by atoms with E-state index in [0.717, 1.165) is 16.5 Å². The standard InChI is InChI=1S/C20H17N7O3/c1-3-27-15-8-17(22-9-14(15)24-20(27)18-19(21)26-30-25-18)29-11-4-5-12-10(2)6-16(28)23-13(12)7-11/h4-9H,3H2,1-2H3,(H2,21,26)(H,23,28). The van der Waals surface area contributed by atoms with Crippen LogP contribution in [0.5, 0.6) is 11.6 Å². The number of hydrogen-bond donors (Lipinski definition) is 2. The maximum atomic E-state index is 11.8. The molecule has 5 aromatic rings. The van der Waals surface area contributed by atoms with Crippen LogP contribution in [0.25, 0.3) is 33.5 Å². The van der Waals surface area contributed by atoms with E-state index in [1.807, 2.05) is 30.5 Å². The first-order valence-corrected chi connectivity index (χ1v) is 9.29. The zero-order valence-electron chi connectivity index (χ0n) is 16.2. The molecule has 4 heterocycles. The van der Waals surface area contributed by atoms with Gasteiger partial charge in [-0.25, -0.2) is 14.6 Å². The second-order valence-corrected chi connectivity index (χ2v) is 6.82. The number of pyridine rings is 2. The number of aromatic nitrogens is 6. The van der Waals surface area contributed by atoms with Gasteiger partial charge in [-0.1, -0.05) is 0 Å². The van der Waals surface area contributed by atoms with Crippen molar-refractivity contribution in [1.82, 2.24) is 29.8 Å². The smallest absolute Gasteiger partial charge is 0.248 e. The van der Waals surface area contributed by atoms with E-state index in [-0.39, 0.29) is 11.4 Å².